The highest BCUT2D eigenvalue weighted by atomic mass is 16.5. The van der Waals surface area contributed by atoms with Crippen LogP contribution in [0.1, 0.15) is 28.4 Å². The molecule has 0 saturated heterocycles. The topological polar surface area (TPSA) is 55.1 Å². The number of rotatable bonds is 4. The first-order chi connectivity index (χ1) is 13.2. The highest BCUT2D eigenvalue weighted by Gasteiger charge is 2.15. The van der Waals surface area contributed by atoms with E-state index in [1.165, 1.54) is 0 Å². The summed E-state index contributed by atoms with van der Waals surface area (Å²) in [6.07, 6.45) is 0.861. The fourth-order valence-electron chi connectivity index (χ4n) is 3.27. The van der Waals surface area contributed by atoms with Crippen molar-refractivity contribution in [2.75, 3.05) is 5.32 Å². The molecule has 3 aromatic carbocycles. The molecular formula is C23H20N2O2. The molecule has 4 heteroatoms. The van der Waals surface area contributed by atoms with E-state index in [2.05, 4.69) is 17.4 Å². The van der Waals surface area contributed by atoms with Gasteiger partial charge >= 0.3 is 0 Å². The van der Waals surface area contributed by atoms with Gasteiger partial charge in [0.15, 0.2) is 5.76 Å². The first kappa shape index (κ1) is 17.0. The van der Waals surface area contributed by atoms with Crippen LogP contribution in [0.2, 0.25) is 0 Å². The van der Waals surface area contributed by atoms with E-state index in [1.807, 2.05) is 67.6 Å². The number of nitrogens with zero attached hydrogens (tertiary/aromatic N) is 1. The smallest absolute Gasteiger partial charge is 0.255 e. The van der Waals surface area contributed by atoms with E-state index in [1.54, 1.807) is 6.07 Å². The third-order valence-corrected chi connectivity index (χ3v) is 4.75. The van der Waals surface area contributed by atoms with Crippen molar-refractivity contribution in [1.29, 1.82) is 0 Å². The lowest BCUT2D eigenvalue weighted by Crippen LogP contribution is -2.14. The minimum Gasteiger partial charge on any atom is -0.355 e. The molecule has 0 aliphatic carbocycles. The molecule has 0 bridgehead atoms. The molecule has 0 aliphatic rings. The summed E-state index contributed by atoms with van der Waals surface area (Å²) in [5.41, 5.74) is 5.31. The van der Waals surface area contributed by atoms with Crippen molar-refractivity contribution < 1.29 is 9.32 Å². The normalized spacial score (nSPS) is 10.9. The Morgan fingerprint density at radius 2 is 1.85 bits per heavy atom. The monoisotopic (exact) mass is 356 g/mol. The fraction of sp³-hybridized carbons (Fsp3) is 0.130. The summed E-state index contributed by atoms with van der Waals surface area (Å²) in [6.45, 7) is 4.09. The number of hydrogen-bond donors (Lipinski definition) is 1. The molecule has 4 rings (SSSR count). The van der Waals surface area contributed by atoms with Crippen molar-refractivity contribution in [1.82, 2.24) is 5.16 Å². The number of nitrogens with one attached hydrogen (secondary N) is 1. The molecule has 4 nitrogen and oxygen atoms in total. The maximum Gasteiger partial charge on any atom is 0.255 e. The molecular weight excluding hydrogens is 336 g/mol. The van der Waals surface area contributed by atoms with E-state index in [4.69, 9.17) is 4.52 Å². The quantitative estimate of drug-likeness (QED) is 0.516. The number of para-hydroxylation sites is 1. The van der Waals surface area contributed by atoms with Crippen molar-refractivity contribution >= 4 is 22.5 Å². The summed E-state index contributed by atoms with van der Waals surface area (Å²) >= 11 is 0. The van der Waals surface area contributed by atoms with Gasteiger partial charge in [-0.25, -0.2) is 0 Å². The molecule has 1 heterocycles. The molecule has 1 N–H and O–H groups in total. The number of carbonyl (C=O) groups excluding carboxylic acids is 1. The zero-order chi connectivity index (χ0) is 18.8. The largest absolute Gasteiger partial charge is 0.355 e. The van der Waals surface area contributed by atoms with Crippen LogP contribution in [0, 0.1) is 6.92 Å². The van der Waals surface area contributed by atoms with Gasteiger partial charge in [-0.1, -0.05) is 60.6 Å². The number of fused-ring (bicyclic) bond motifs is 1. The van der Waals surface area contributed by atoms with E-state index in [0.717, 1.165) is 39.7 Å². The number of benzene rings is 3. The van der Waals surface area contributed by atoms with Crippen LogP contribution in [-0.2, 0) is 6.42 Å². The van der Waals surface area contributed by atoms with Gasteiger partial charge in [0.25, 0.3) is 5.91 Å². The third-order valence-electron chi connectivity index (χ3n) is 4.75. The molecule has 1 amide bonds. The van der Waals surface area contributed by atoms with E-state index in [0.29, 0.717) is 11.3 Å². The minimum absolute atomic E-state index is 0.138. The van der Waals surface area contributed by atoms with Crippen molar-refractivity contribution in [3.63, 3.8) is 0 Å². The maximum absolute atomic E-state index is 12.9. The second-order valence-corrected chi connectivity index (χ2v) is 6.53. The SMILES string of the molecule is CCc1cccc(C)c1NC(=O)c1ccc2noc(-c3ccccc3)c2c1. The Morgan fingerprint density at radius 3 is 2.63 bits per heavy atom. The predicted octanol–water partition coefficient (Wildman–Crippen LogP) is 5.62. The Kier molecular flexibility index (Phi) is 4.47. The zero-order valence-corrected chi connectivity index (χ0v) is 15.3. The first-order valence-corrected chi connectivity index (χ1v) is 9.02. The molecule has 0 aliphatic heterocycles. The summed E-state index contributed by atoms with van der Waals surface area (Å²) in [6, 6.07) is 21.3. The van der Waals surface area contributed by atoms with Crippen molar-refractivity contribution in [3.8, 4) is 11.3 Å². The average Bonchev–Trinajstić information content (AvgIpc) is 3.13. The molecule has 0 fully saturated rings. The Balaban J connectivity index is 1.71. The summed E-state index contributed by atoms with van der Waals surface area (Å²) in [4.78, 5) is 12.9. The molecule has 0 unspecified atom stereocenters. The molecule has 4 aromatic rings. The predicted molar refractivity (Wildman–Crippen MR) is 108 cm³/mol. The second kappa shape index (κ2) is 7.08. The van der Waals surface area contributed by atoms with Gasteiger partial charge in [-0.3, -0.25) is 4.79 Å². The van der Waals surface area contributed by atoms with Gasteiger partial charge in [0.05, 0.1) is 5.39 Å². The Hall–Kier alpha value is -3.40. The van der Waals surface area contributed by atoms with Crippen molar-refractivity contribution in [2.24, 2.45) is 0 Å². The van der Waals surface area contributed by atoms with Crippen LogP contribution in [0.5, 0.6) is 0 Å². The van der Waals surface area contributed by atoms with E-state index in [9.17, 15) is 4.79 Å². The average molecular weight is 356 g/mol. The molecule has 134 valence electrons. The van der Waals surface area contributed by atoms with Gasteiger partial charge in [-0.2, -0.15) is 0 Å². The van der Waals surface area contributed by atoms with Crippen LogP contribution in [-0.4, -0.2) is 11.1 Å². The van der Waals surface area contributed by atoms with Crippen LogP contribution in [0.4, 0.5) is 5.69 Å². The molecule has 0 atom stereocenters. The molecule has 27 heavy (non-hydrogen) atoms. The van der Waals surface area contributed by atoms with Gasteiger partial charge in [-0.05, 0) is 42.7 Å². The van der Waals surface area contributed by atoms with Gasteiger partial charge in [0, 0.05) is 16.8 Å². The van der Waals surface area contributed by atoms with Crippen LogP contribution in [0.25, 0.3) is 22.2 Å². The zero-order valence-electron chi connectivity index (χ0n) is 15.3. The lowest BCUT2D eigenvalue weighted by Gasteiger charge is -2.13. The standard InChI is InChI=1S/C23H20N2O2/c1-3-16-11-7-8-15(2)21(16)24-23(26)18-12-13-20-19(14-18)22(27-25-20)17-9-5-4-6-10-17/h4-14H,3H2,1-2H3,(H,24,26). The van der Waals surface area contributed by atoms with Gasteiger partial charge in [-0.15, -0.1) is 0 Å². The first-order valence-electron chi connectivity index (χ1n) is 9.02. The number of aryl methyl sites for hydroxylation is 2. The van der Waals surface area contributed by atoms with Gasteiger partial charge in [0.2, 0.25) is 0 Å². The summed E-state index contributed by atoms with van der Waals surface area (Å²) in [7, 11) is 0. The molecule has 1 aromatic heterocycles. The Bertz CT molecular complexity index is 1110. The Labute approximate surface area is 157 Å². The highest BCUT2D eigenvalue weighted by molar-refractivity contribution is 6.08. The molecule has 0 spiro atoms. The van der Waals surface area contributed by atoms with E-state index >= 15 is 0 Å². The van der Waals surface area contributed by atoms with Crippen molar-refractivity contribution in [2.45, 2.75) is 20.3 Å². The van der Waals surface area contributed by atoms with Crippen LogP contribution in [0.15, 0.2) is 71.3 Å². The summed E-state index contributed by atoms with van der Waals surface area (Å²) in [5.74, 6) is 0.534. The fourth-order valence-corrected chi connectivity index (χ4v) is 3.27. The van der Waals surface area contributed by atoms with Crippen LogP contribution in [0.3, 0.4) is 0 Å². The summed E-state index contributed by atoms with van der Waals surface area (Å²) < 4.78 is 5.53. The number of anilines is 1. The number of amides is 1. The highest BCUT2D eigenvalue weighted by Crippen LogP contribution is 2.29. The Morgan fingerprint density at radius 1 is 1.04 bits per heavy atom. The van der Waals surface area contributed by atoms with Gasteiger partial charge in [0.1, 0.15) is 5.52 Å². The molecule has 0 radical (unpaired) electrons. The van der Waals surface area contributed by atoms with Gasteiger partial charge < -0.3 is 9.84 Å². The minimum atomic E-state index is -0.138. The number of hydrogen-bond acceptors (Lipinski definition) is 3. The number of carbonyl (C=O) groups is 1. The van der Waals surface area contributed by atoms with E-state index in [-0.39, 0.29) is 5.91 Å². The van der Waals surface area contributed by atoms with Crippen LogP contribution < -0.4 is 5.32 Å². The number of aromatic nitrogens is 1. The lowest BCUT2D eigenvalue weighted by molar-refractivity contribution is 0.102. The lowest BCUT2D eigenvalue weighted by atomic mass is 10.0. The summed E-state index contributed by atoms with van der Waals surface area (Å²) in [5, 5.41) is 8.01. The van der Waals surface area contributed by atoms with E-state index < -0.39 is 0 Å². The second-order valence-electron chi connectivity index (χ2n) is 6.53. The third kappa shape index (κ3) is 3.22. The van der Waals surface area contributed by atoms with Crippen LogP contribution >= 0.6 is 0 Å². The van der Waals surface area contributed by atoms with Crippen molar-refractivity contribution in [3.05, 3.63) is 83.4 Å². The molecule has 0 saturated carbocycles. The maximum atomic E-state index is 12.9.